The molecule has 0 spiro atoms. The van der Waals surface area contributed by atoms with Gasteiger partial charge in [-0.25, -0.2) is 0 Å². The van der Waals surface area contributed by atoms with Crippen LogP contribution in [-0.4, -0.2) is 10.2 Å². The lowest BCUT2D eigenvalue weighted by Crippen LogP contribution is -1.98. The molecule has 2 aliphatic rings. The van der Waals surface area contributed by atoms with Gasteiger partial charge in [0.2, 0.25) is 0 Å². The van der Waals surface area contributed by atoms with Crippen LogP contribution in [0.3, 0.4) is 0 Å². The van der Waals surface area contributed by atoms with Crippen LogP contribution in [0.5, 0.6) is 11.5 Å². The van der Waals surface area contributed by atoms with Crippen LogP contribution in [0, 0.1) is 10.8 Å². The summed E-state index contributed by atoms with van der Waals surface area (Å²) in [6.45, 7) is 4.82. The highest BCUT2D eigenvalue weighted by Gasteiger charge is 2.36. The number of benzene rings is 1. The van der Waals surface area contributed by atoms with Gasteiger partial charge in [0.05, 0.1) is 0 Å². The predicted octanol–water partition coefficient (Wildman–Crippen LogP) is 7.29. The third kappa shape index (κ3) is 6.43. The van der Waals surface area contributed by atoms with Gasteiger partial charge in [0.25, 0.3) is 0 Å². The van der Waals surface area contributed by atoms with Crippen molar-refractivity contribution < 1.29 is 10.2 Å². The molecular weight excluding hydrogens is 332 g/mol. The maximum atomic E-state index is 10.4. The van der Waals surface area contributed by atoms with Gasteiger partial charge in [-0.1, -0.05) is 52.0 Å². The lowest BCUT2D eigenvalue weighted by Gasteiger charge is -2.14. The molecule has 0 amide bonds. The highest BCUT2D eigenvalue weighted by Crippen LogP contribution is 2.49. The molecule has 3 rings (SSSR count). The molecule has 27 heavy (non-hydrogen) atoms. The summed E-state index contributed by atoms with van der Waals surface area (Å²) in [4.78, 5) is 0. The van der Waals surface area contributed by atoms with Gasteiger partial charge in [-0.15, -0.1) is 0 Å². The van der Waals surface area contributed by atoms with Gasteiger partial charge in [0.15, 0.2) is 11.5 Å². The number of aromatic hydroxyl groups is 2. The fourth-order valence-electron chi connectivity index (χ4n) is 4.36. The van der Waals surface area contributed by atoms with Gasteiger partial charge in [-0.3, -0.25) is 0 Å². The minimum atomic E-state index is 0.0388. The van der Waals surface area contributed by atoms with Gasteiger partial charge < -0.3 is 10.2 Å². The third-order valence-corrected chi connectivity index (χ3v) is 7.25. The Morgan fingerprint density at radius 2 is 1.22 bits per heavy atom. The van der Waals surface area contributed by atoms with Gasteiger partial charge in [0, 0.05) is 5.56 Å². The Kier molecular flexibility index (Phi) is 6.76. The maximum Gasteiger partial charge on any atom is 0.160 e. The molecule has 2 fully saturated rings. The Morgan fingerprint density at radius 1 is 0.704 bits per heavy atom. The Labute approximate surface area is 166 Å². The number of unbranched alkanes of at least 4 members (excludes halogenated alkanes) is 5. The van der Waals surface area contributed by atoms with E-state index in [1.54, 1.807) is 6.07 Å². The Hall–Kier alpha value is -1.18. The van der Waals surface area contributed by atoms with E-state index in [2.05, 4.69) is 13.8 Å². The first-order chi connectivity index (χ1) is 12.9. The maximum absolute atomic E-state index is 10.4. The van der Waals surface area contributed by atoms with Gasteiger partial charge in [-0.2, -0.15) is 0 Å². The van der Waals surface area contributed by atoms with Crippen molar-refractivity contribution in [1.82, 2.24) is 0 Å². The third-order valence-electron chi connectivity index (χ3n) is 7.25. The summed E-state index contributed by atoms with van der Waals surface area (Å²) in [6.07, 6.45) is 19.1. The highest BCUT2D eigenvalue weighted by molar-refractivity contribution is 5.49. The molecule has 0 saturated heterocycles. The van der Waals surface area contributed by atoms with E-state index in [1.807, 2.05) is 6.07 Å². The number of phenols is 2. The standard InChI is InChI=1S/C25H40O2/c1-24(16-17-24)14-8-4-3-6-10-20-12-13-22(26)23(27)21(20)11-7-5-9-15-25(2)18-19-25/h12-13,26-27H,3-11,14-19H2,1-2H3. The average Bonchev–Trinajstić information content (AvgIpc) is 3.55. The zero-order valence-corrected chi connectivity index (χ0v) is 17.7. The molecule has 2 saturated carbocycles. The lowest BCUT2D eigenvalue weighted by molar-refractivity contribution is 0.397. The summed E-state index contributed by atoms with van der Waals surface area (Å²) in [6, 6.07) is 3.69. The van der Waals surface area contributed by atoms with Crippen molar-refractivity contribution in [2.24, 2.45) is 10.8 Å². The number of aryl methyl sites for hydroxylation is 1. The Morgan fingerprint density at radius 3 is 1.81 bits per heavy atom. The molecule has 2 nitrogen and oxygen atoms in total. The summed E-state index contributed by atoms with van der Waals surface area (Å²) >= 11 is 0. The highest BCUT2D eigenvalue weighted by atomic mass is 16.3. The van der Waals surface area contributed by atoms with Crippen molar-refractivity contribution >= 4 is 0 Å². The summed E-state index contributed by atoms with van der Waals surface area (Å²) in [5, 5.41) is 20.3. The monoisotopic (exact) mass is 372 g/mol. The normalized spacial score (nSPS) is 19.2. The van der Waals surface area contributed by atoms with Crippen LogP contribution in [0.15, 0.2) is 12.1 Å². The van der Waals surface area contributed by atoms with Crippen molar-refractivity contribution in [3.8, 4) is 11.5 Å². The first-order valence-corrected chi connectivity index (χ1v) is 11.4. The molecule has 0 heterocycles. The molecule has 2 aliphatic carbocycles. The predicted molar refractivity (Wildman–Crippen MR) is 113 cm³/mol. The van der Waals surface area contributed by atoms with E-state index in [1.165, 1.54) is 82.6 Å². The van der Waals surface area contributed by atoms with Crippen LogP contribution in [0.4, 0.5) is 0 Å². The van der Waals surface area contributed by atoms with Crippen LogP contribution in [-0.2, 0) is 12.8 Å². The molecule has 0 atom stereocenters. The second kappa shape index (κ2) is 8.88. The fraction of sp³-hybridized carbons (Fsp3) is 0.760. The number of hydrogen-bond acceptors (Lipinski definition) is 2. The van der Waals surface area contributed by atoms with E-state index in [4.69, 9.17) is 0 Å². The SMILES string of the molecule is CC1(CCCCCCc2ccc(O)c(O)c2CCCCCC2(C)CC2)CC1. The second-order valence-electron chi connectivity index (χ2n) is 10.2. The zero-order chi connectivity index (χ0) is 19.3. The quantitative estimate of drug-likeness (QED) is 0.282. The number of phenolic OH excluding ortho intramolecular Hbond substituents is 2. The van der Waals surface area contributed by atoms with E-state index in [0.29, 0.717) is 10.8 Å². The van der Waals surface area contributed by atoms with Gasteiger partial charge in [0.1, 0.15) is 0 Å². The van der Waals surface area contributed by atoms with Crippen LogP contribution >= 0.6 is 0 Å². The molecule has 0 unspecified atom stereocenters. The summed E-state index contributed by atoms with van der Waals surface area (Å²) in [5.74, 6) is 0.167. The molecule has 152 valence electrons. The van der Waals surface area contributed by atoms with Crippen LogP contribution < -0.4 is 0 Å². The van der Waals surface area contributed by atoms with E-state index < -0.39 is 0 Å². The van der Waals surface area contributed by atoms with Gasteiger partial charge >= 0.3 is 0 Å². The van der Waals surface area contributed by atoms with E-state index in [-0.39, 0.29) is 11.5 Å². The molecule has 0 bridgehead atoms. The van der Waals surface area contributed by atoms with Crippen molar-refractivity contribution in [1.29, 1.82) is 0 Å². The molecule has 2 N–H and O–H groups in total. The summed E-state index contributed by atoms with van der Waals surface area (Å²) in [7, 11) is 0. The van der Waals surface area contributed by atoms with Crippen LogP contribution in [0.1, 0.15) is 108 Å². The minimum Gasteiger partial charge on any atom is -0.504 e. The fourth-order valence-corrected chi connectivity index (χ4v) is 4.36. The van der Waals surface area contributed by atoms with Crippen molar-refractivity contribution in [2.45, 2.75) is 110 Å². The average molecular weight is 373 g/mol. The van der Waals surface area contributed by atoms with Crippen molar-refractivity contribution in [3.05, 3.63) is 23.3 Å². The van der Waals surface area contributed by atoms with Gasteiger partial charge in [-0.05, 0) is 86.7 Å². The second-order valence-corrected chi connectivity index (χ2v) is 10.2. The first kappa shape index (κ1) is 20.6. The molecule has 2 heteroatoms. The van der Waals surface area contributed by atoms with Crippen LogP contribution in [0.2, 0.25) is 0 Å². The van der Waals surface area contributed by atoms with E-state index in [0.717, 1.165) is 24.8 Å². The molecule has 0 radical (unpaired) electrons. The van der Waals surface area contributed by atoms with Crippen molar-refractivity contribution in [3.63, 3.8) is 0 Å². The smallest absolute Gasteiger partial charge is 0.160 e. The van der Waals surface area contributed by atoms with Crippen molar-refractivity contribution in [2.75, 3.05) is 0 Å². The largest absolute Gasteiger partial charge is 0.504 e. The summed E-state index contributed by atoms with van der Waals surface area (Å²) in [5.41, 5.74) is 3.58. The van der Waals surface area contributed by atoms with Crippen LogP contribution in [0.25, 0.3) is 0 Å². The molecule has 1 aromatic carbocycles. The van der Waals surface area contributed by atoms with E-state index >= 15 is 0 Å². The number of hydrogen-bond donors (Lipinski definition) is 2. The minimum absolute atomic E-state index is 0.0388. The molecular formula is C25H40O2. The molecule has 0 aromatic heterocycles. The zero-order valence-electron chi connectivity index (χ0n) is 17.7. The first-order valence-electron chi connectivity index (χ1n) is 11.4. The van der Waals surface area contributed by atoms with E-state index in [9.17, 15) is 10.2 Å². The lowest BCUT2D eigenvalue weighted by atomic mass is 9.94. The molecule has 1 aromatic rings. The Bertz CT molecular complexity index is 611. The number of rotatable bonds is 13. The topological polar surface area (TPSA) is 40.5 Å². The summed E-state index contributed by atoms with van der Waals surface area (Å²) < 4.78 is 0. The molecule has 0 aliphatic heterocycles. The Balaban J connectivity index is 1.39.